The second kappa shape index (κ2) is 6.52. The van der Waals surface area contributed by atoms with Crippen molar-refractivity contribution in [3.63, 3.8) is 0 Å². The lowest BCUT2D eigenvalue weighted by atomic mass is 10.1. The van der Waals surface area contributed by atoms with Crippen molar-refractivity contribution in [2.24, 2.45) is 0 Å². The molecule has 2 rings (SSSR count). The Morgan fingerprint density at radius 1 is 1.15 bits per heavy atom. The molecule has 0 atom stereocenters. The van der Waals surface area contributed by atoms with Gasteiger partial charge in [0.25, 0.3) is 5.69 Å². The van der Waals surface area contributed by atoms with E-state index in [1.54, 1.807) is 12.1 Å². The molecule has 0 bridgehead atoms. The molecule has 0 radical (unpaired) electrons. The molecule has 5 heteroatoms. The summed E-state index contributed by atoms with van der Waals surface area (Å²) in [6, 6.07) is 12.6. The number of rotatable bonds is 5. The van der Waals surface area contributed by atoms with Gasteiger partial charge in [0.1, 0.15) is 11.5 Å². The van der Waals surface area contributed by atoms with Gasteiger partial charge in [-0.2, -0.15) is 0 Å². The third-order valence-corrected chi connectivity index (χ3v) is 3.56. The van der Waals surface area contributed by atoms with Crippen molar-refractivity contribution < 1.29 is 9.66 Å². The van der Waals surface area contributed by atoms with E-state index < -0.39 is 4.92 Å². The first-order valence-corrected chi connectivity index (χ1v) is 7.36. The molecule has 0 unspecified atom stereocenters. The topological polar surface area (TPSA) is 52.4 Å². The highest BCUT2D eigenvalue weighted by Gasteiger charge is 2.13. The number of halogens is 1. The molecule has 0 amide bonds. The Balaban J connectivity index is 2.22. The highest BCUT2D eigenvalue weighted by atomic mass is 79.9. The van der Waals surface area contributed by atoms with Crippen LogP contribution in [0.25, 0.3) is 0 Å². The predicted molar refractivity (Wildman–Crippen MR) is 81.6 cm³/mol. The largest absolute Gasteiger partial charge is 0.457 e. The van der Waals surface area contributed by atoms with Crippen LogP contribution in [-0.2, 0) is 11.8 Å². The Kier molecular flexibility index (Phi) is 4.74. The number of aryl methyl sites for hydroxylation is 1. The minimum atomic E-state index is -0.392. The van der Waals surface area contributed by atoms with Gasteiger partial charge in [-0.1, -0.05) is 35.0 Å². The van der Waals surface area contributed by atoms with Gasteiger partial charge in [0, 0.05) is 17.0 Å². The van der Waals surface area contributed by atoms with Gasteiger partial charge in [-0.05, 0) is 36.2 Å². The molecular weight excluding hydrogens is 322 g/mol. The minimum Gasteiger partial charge on any atom is -0.457 e. The number of ether oxygens (including phenoxy) is 1. The summed E-state index contributed by atoms with van der Waals surface area (Å²) in [4.78, 5) is 10.5. The van der Waals surface area contributed by atoms with E-state index in [1.807, 2.05) is 24.3 Å². The van der Waals surface area contributed by atoms with Gasteiger partial charge in [0.05, 0.1) is 4.92 Å². The summed E-state index contributed by atoms with van der Waals surface area (Å²) in [6.45, 7) is 2.09. The lowest BCUT2D eigenvalue weighted by Crippen LogP contribution is -1.94. The Morgan fingerprint density at radius 2 is 1.80 bits per heavy atom. The fourth-order valence-corrected chi connectivity index (χ4v) is 2.29. The van der Waals surface area contributed by atoms with Crippen LogP contribution in [0.3, 0.4) is 0 Å². The van der Waals surface area contributed by atoms with E-state index in [4.69, 9.17) is 4.74 Å². The number of benzene rings is 2. The monoisotopic (exact) mass is 335 g/mol. The van der Waals surface area contributed by atoms with Gasteiger partial charge in [-0.15, -0.1) is 0 Å². The van der Waals surface area contributed by atoms with Gasteiger partial charge in [0.15, 0.2) is 0 Å². The first-order chi connectivity index (χ1) is 9.63. The van der Waals surface area contributed by atoms with E-state index in [9.17, 15) is 10.1 Å². The third-order valence-electron chi connectivity index (χ3n) is 2.96. The van der Waals surface area contributed by atoms with E-state index in [2.05, 4.69) is 22.9 Å². The van der Waals surface area contributed by atoms with Crippen LogP contribution in [0.15, 0.2) is 42.5 Å². The molecule has 0 heterocycles. The average molecular weight is 336 g/mol. The molecule has 4 nitrogen and oxygen atoms in total. The van der Waals surface area contributed by atoms with Gasteiger partial charge in [-0.3, -0.25) is 10.1 Å². The number of nitro groups is 1. The normalized spacial score (nSPS) is 10.3. The van der Waals surface area contributed by atoms with Gasteiger partial charge in [-0.25, -0.2) is 0 Å². The lowest BCUT2D eigenvalue weighted by Gasteiger charge is -2.08. The SMILES string of the molecule is CCc1ccc(Oc2ccc([N+](=O)[O-])c(CBr)c2)cc1. The first-order valence-electron chi connectivity index (χ1n) is 6.24. The second-order valence-corrected chi connectivity index (χ2v) is 4.84. The van der Waals surface area contributed by atoms with E-state index in [1.165, 1.54) is 11.6 Å². The van der Waals surface area contributed by atoms with E-state index in [-0.39, 0.29) is 5.69 Å². The standard InChI is InChI=1S/C15H14BrNO3/c1-2-11-3-5-13(6-4-11)20-14-7-8-15(17(18)19)12(9-14)10-16/h3-9H,2,10H2,1H3. The maximum atomic E-state index is 10.9. The Morgan fingerprint density at radius 3 is 2.35 bits per heavy atom. The molecular formula is C15H14BrNO3. The van der Waals surface area contributed by atoms with Crippen molar-refractivity contribution in [2.75, 3.05) is 0 Å². The number of nitrogens with zero attached hydrogens (tertiary/aromatic N) is 1. The van der Waals surface area contributed by atoms with Crippen LogP contribution in [0, 0.1) is 10.1 Å². The van der Waals surface area contributed by atoms with Crippen LogP contribution in [0.2, 0.25) is 0 Å². The highest BCUT2D eigenvalue weighted by molar-refractivity contribution is 9.08. The summed E-state index contributed by atoms with van der Waals surface area (Å²) in [6.07, 6.45) is 0.978. The number of nitro benzene ring substituents is 1. The fourth-order valence-electron chi connectivity index (χ4n) is 1.84. The fraction of sp³-hybridized carbons (Fsp3) is 0.200. The zero-order valence-electron chi connectivity index (χ0n) is 11.0. The minimum absolute atomic E-state index is 0.0931. The van der Waals surface area contributed by atoms with Crippen LogP contribution in [0.1, 0.15) is 18.1 Å². The maximum Gasteiger partial charge on any atom is 0.273 e. The van der Waals surface area contributed by atoms with Gasteiger partial charge in [0.2, 0.25) is 0 Å². The maximum absolute atomic E-state index is 10.9. The molecule has 0 aliphatic carbocycles. The van der Waals surface area contributed by atoms with E-state index >= 15 is 0 Å². The Bertz CT molecular complexity index is 611. The number of alkyl halides is 1. The molecule has 2 aromatic rings. The van der Waals surface area contributed by atoms with Crippen molar-refractivity contribution in [2.45, 2.75) is 18.7 Å². The zero-order valence-corrected chi connectivity index (χ0v) is 12.6. The molecule has 0 aliphatic rings. The van der Waals surface area contributed by atoms with Gasteiger partial charge < -0.3 is 4.74 Å². The molecule has 104 valence electrons. The summed E-state index contributed by atoms with van der Waals surface area (Å²) >= 11 is 3.26. The molecule has 0 N–H and O–H groups in total. The molecule has 20 heavy (non-hydrogen) atoms. The third kappa shape index (κ3) is 3.36. The Hall–Kier alpha value is -1.88. The molecule has 0 aliphatic heterocycles. The van der Waals surface area contributed by atoms with Crippen LogP contribution in [0.4, 0.5) is 5.69 Å². The first kappa shape index (κ1) is 14.5. The van der Waals surface area contributed by atoms with E-state index in [0.717, 1.165) is 12.2 Å². The van der Waals surface area contributed by atoms with Crippen molar-refractivity contribution >= 4 is 21.6 Å². The lowest BCUT2D eigenvalue weighted by molar-refractivity contribution is -0.385. The van der Waals surface area contributed by atoms with Crippen LogP contribution < -0.4 is 4.74 Å². The predicted octanol–water partition coefficient (Wildman–Crippen LogP) is 4.84. The van der Waals surface area contributed by atoms with Gasteiger partial charge >= 0.3 is 0 Å². The molecule has 0 saturated carbocycles. The van der Waals surface area contributed by atoms with Crippen molar-refractivity contribution in [1.82, 2.24) is 0 Å². The van der Waals surface area contributed by atoms with Crippen molar-refractivity contribution in [3.8, 4) is 11.5 Å². The van der Waals surface area contributed by atoms with Crippen LogP contribution >= 0.6 is 15.9 Å². The number of hydrogen-bond donors (Lipinski definition) is 0. The molecule has 0 spiro atoms. The summed E-state index contributed by atoms with van der Waals surface area (Å²) in [5.74, 6) is 1.31. The summed E-state index contributed by atoms with van der Waals surface area (Å²) in [5.41, 5.74) is 1.93. The molecule has 2 aromatic carbocycles. The quantitative estimate of drug-likeness (QED) is 0.446. The van der Waals surface area contributed by atoms with Crippen LogP contribution in [-0.4, -0.2) is 4.92 Å². The second-order valence-electron chi connectivity index (χ2n) is 4.28. The summed E-state index contributed by atoms with van der Waals surface area (Å²) < 4.78 is 5.71. The average Bonchev–Trinajstić information content (AvgIpc) is 2.47. The van der Waals surface area contributed by atoms with E-state index in [0.29, 0.717) is 16.6 Å². The van der Waals surface area contributed by atoms with Crippen molar-refractivity contribution in [1.29, 1.82) is 0 Å². The molecule has 0 fully saturated rings. The Labute approximate surface area is 125 Å². The highest BCUT2D eigenvalue weighted by Crippen LogP contribution is 2.29. The zero-order chi connectivity index (χ0) is 14.5. The number of hydrogen-bond acceptors (Lipinski definition) is 3. The molecule has 0 saturated heterocycles. The summed E-state index contributed by atoms with van der Waals surface area (Å²) in [7, 11) is 0. The van der Waals surface area contributed by atoms with Crippen LogP contribution in [0.5, 0.6) is 11.5 Å². The molecule has 0 aromatic heterocycles. The summed E-state index contributed by atoms with van der Waals surface area (Å²) in [5, 5.41) is 11.3. The van der Waals surface area contributed by atoms with Crippen molar-refractivity contribution in [3.05, 3.63) is 63.7 Å². The smallest absolute Gasteiger partial charge is 0.273 e.